The second-order valence-corrected chi connectivity index (χ2v) is 7.20. The smallest absolute Gasteiger partial charge is 0.234 e. The van der Waals surface area contributed by atoms with Crippen LogP contribution in [0.25, 0.3) is 0 Å². The normalized spacial score (nSPS) is 25.8. The molecule has 1 aromatic carbocycles. The van der Waals surface area contributed by atoms with E-state index >= 15 is 0 Å². The minimum atomic E-state index is -0.516. The Morgan fingerprint density at radius 2 is 2.00 bits per heavy atom. The Labute approximate surface area is 143 Å². The number of aliphatic hydroxyl groups excluding tert-OH is 1. The molecule has 5 heteroatoms. The van der Waals surface area contributed by atoms with Gasteiger partial charge in [0.2, 0.25) is 5.91 Å². The lowest BCUT2D eigenvalue weighted by Crippen LogP contribution is -2.49. The predicted molar refractivity (Wildman–Crippen MR) is 91.1 cm³/mol. The number of aliphatic hydroxyl groups is 1. The molecule has 1 saturated heterocycles. The van der Waals surface area contributed by atoms with E-state index in [1.807, 2.05) is 11.0 Å². The number of halogens is 1. The van der Waals surface area contributed by atoms with Gasteiger partial charge in [-0.05, 0) is 49.8 Å². The second-order valence-electron chi connectivity index (χ2n) is 7.20. The number of nitrogens with one attached hydrogen (secondary N) is 1. The summed E-state index contributed by atoms with van der Waals surface area (Å²) in [5.74, 6) is -0.0965. The third kappa shape index (κ3) is 4.54. The van der Waals surface area contributed by atoms with Crippen molar-refractivity contribution in [3.63, 3.8) is 0 Å². The molecule has 1 aliphatic carbocycles. The summed E-state index contributed by atoms with van der Waals surface area (Å²) in [5.41, 5.74) is 0.661. The van der Waals surface area contributed by atoms with Gasteiger partial charge in [-0.15, -0.1) is 0 Å². The zero-order valence-corrected chi connectivity index (χ0v) is 14.1. The molecular formula is C19H27FN2O2. The molecule has 2 aliphatic rings. The summed E-state index contributed by atoms with van der Waals surface area (Å²) in [4.78, 5) is 14.1. The van der Waals surface area contributed by atoms with Crippen LogP contribution in [0.1, 0.15) is 37.7 Å². The lowest BCUT2D eigenvalue weighted by Gasteiger charge is -2.35. The lowest BCUT2D eigenvalue weighted by molar-refractivity contribution is -0.124. The predicted octanol–water partition coefficient (Wildman–Crippen LogP) is 2.11. The molecule has 2 N–H and O–H groups in total. The number of piperidine rings is 1. The molecule has 2 atom stereocenters. The first-order chi connectivity index (χ1) is 11.6. The van der Waals surface area contributed by atoms with Gasteiger partial charge in [-0.25, -0.2) is 4.39 Å². The maximum Gasteiger partial charge on any atom is 0.234 e. The topological polar surface area (TPSA) is 52.6 Å². The molecule has 132 valence electrons. The molecule has 0 bridgehead atoms. The van der Waals surface area contributed by atoms with E-state index in [-0.39, 0.29) is 17.6 Å². The monoisotopic (exact) mass is 334 g/mol. The molecule has 1 amide bonds. The fourth-order valence-electron chi connectivity index (χ4n) is 3.92. The van der Waals surface area contributed by atoms with Crippen LogP contribution >= 0.6 is 0 Å². The van der Waals surface area contributed by atoms with Crippen molar-refractivity contribution in [2.45, 2.75) is 50.7 Å². The number of carbonyl (C=O) groups excluding carboxylic acids is 1. The maximum absolute atomic E-state index is 13.8. The lowest BCUT2D eigenvalue weighted by atomic mass is 9.87. The quantitative estimate of drug-likeness (QED) is 0.867. The summed E-state index contributed by atoms with van der Waals surface area (Å²) in [6.07, 6.45) is 5.38. The van der Waals surface area contributed by atoms with Gasteiger partial charge in [0.25, 0.3) is 0 Å². The van der Waals surface area contributed by atoms with Gasteiger partial charge in [0.15, 0.2) is 0 Å². The standard InChI is InChI=1S/C19H27FN2O2/c20-17-8-4-1-5-14(17)11-15-9-10-22(12-18(15)23)13-19(24)21-16-6-2-3-7-16/h1,4-5,8,15-16,18,23H,2-3,6-7,9-13H2,(H,21,24)/t15-,18+/m1/s1. The summed E-state index contributed by atoms with van der Waals surface area (Å²) in [6.45, 7) is 1.60. The number of amides is 1. The highest BCUT2D eigenvalue weighted by molar-refractivity contribution is 5.78. The first-order valence-electron chi connectivity index (χ1n) is 9.05. The summed E-state index contributed by atoms with van der Waals surface area (Å²) >= 11 is 0. The van der Waals surface area contributed by atoms with Gasteiger partial charge in [0.05, 0.1) is 12.6 Å². The van der Waals surface area contributed by atoms with Crippen LogP contribution in [0.3, 0.4) is 0 Å². The summed E-state index contributed by atoms with van der Waals surface area (Å²) in [5, 5.41) is 13.5. The van der Waals surface area contributed by atoms with Crippen molar-refractivity contribution in [1.29, 1.82) is 0 Å². The van der Waals surface area contributed by atoms with Crippen LogP contribution in [0, 0.1) is 11.7 Å². The third-order valence-electron chi connectivity index (χ3n) is 5.33. The Hall–Kier alpha value is -1.46. The first kappa shape index (κ1) is 17.4. The van der Waals surface area contributed by atoms with Crippen LogP contribution in [-0.2, 0) is 11.2 Å². The van der Waals surface area contributed by atoms with Crippen molar-refractivity contribution in [2.24, 2.45) is 5.92 Å². The molecule has 1 aliphatic heterocycles. The average molecular weight is 334 g/mol. The van der Waals surface area contributed by atoms with Crippen molar-refractivity contribution in [3.8, 4) is 0 Å². The Morgan fingerprint density at radius 1 is 1.25 bits per heavy atom. The molecule has 4 nitrogen and oxygen atoms in total. The minimum Gasteiger partial charge on any atom is -0.391 e. The van der Waals surface area contributed by atoms with E-state index in [4.69, 9.17) is 0 Å². The molecule has 24 heavy (non-hydrogen) atoms. The van der Waals surface area contributed by atoms with Crippen LogP contribution in [-0.4, -0.2) is 47.7 Å². The fourth-order valence-corrected chi connectivity index (χ4v) is 3.92. The Bertz CT molecular complexity index is 560. The Morgan fingerprint density at radius 3 is 2.71 bits per heavy atom. The highest BCUT2D eigenvalue weighted by atomic mass is 19.1. The van der Waals surface area contributed by atoms with Gasteiger partial charge < -0.3 is 10.4 Å². The van der Waals surface area contributed by atoms with Crippen molar-refractivity contribution >= 4 is 5.91 Å². The number of β-amino-alcohol motifs (C(OH)–C–C–N with tert-alkyl or cyclic N) is 1. The highest BCUT2D eigenvalue weighted by Gasteiger charge is 2.29. The van der Waals surface area contributed by atoms with Crippen LogP contribution < -0.4 is 5.32 Å². The van der Waals surface area contributed by atoms with Gasteiger partial charge in [-0.3, -0.25) is 9.69 Å². The molecule has 0 spiro atoms. The van der Waals surface area contributed by atoms with Gasteiger partial charge in [0.1, 0.15) is 5.82 Å². The van der Waals surface area contributed by atoms with Gasteiger partial charge in [-0.2, -0.15) is 0 Å². The fraction of sp³-hybridized carbons (Fsp3) is 0.632. The number of nitrogens with zero attached hydrogens (tertiary/aromatic N) is 1. The molecule has 0 aromatic heterocycles. The molecule has 0 unspecified atom stereocenters. The zero-order valence-electron chi connectivity index (χ0n) is 14.1. The van der Waals surface area contributed by atoms with E-state index in [9.17, 15) is 14.3 Å². The van der Waals surface area contributed by atoms with Crippen LogP contribution in [0.5, 0.6) is 0 Å². The van der Waals surface area contributed by atoms with Crippen molar-refractivity contribution in [1.82, 2.24) is 10.2 Å². The molecule has 0 radical (unpaired) electrons. The number of likely N-dealkylation sites (tertiary alicyclic amines) is 1. The Kier molecular flexibility index (Phi) is 5.85. The van der Waals surface area contributed by atoms with Crippen molar-refractivity contribution in [2.75, 3.05) is 19.6 Å². The highest BCUT2D eigenvalue weighted by Crippen LogP contribution is 2.23. The summed E-state index contributed by atoms with van der Waals surface area (Å²) < 4.78 is 13.8. The van der Waals surface area contributed by atoms with Gasteiger partial charge >= 0.3 is 0 Å². The van der Waals surface area contributed by atoms with E-state index in [1.165, 1.54) is 18.9 Å². The Balaban J connectivity index is 1.46. The minimum absolute atomic E-state index is 0.0519. The second kappa shape index (κ2) is 8.08. The molecular weight excluding hydrogens is 307 g/mol. The van der Waals surface area contributed by atoms with Crippen LogP contribution in [0.15, 0.2) is 24.3 Å². The molecule has 3 rings (SSSR count). The van der Waals surface area contributed by atoms with E-state index in [0.717, 1.165) is 25.8 Å². The number of hydrogen-bond acceptors (Lipinski definition) is 3. The molecule has 2 fully saturated rings. The molecule has 1 aromatic rings. The van der Waals surface area contributed by atoms with Crippen molar-refractivity contribution in [3.05, 3.63) is 35.6 Å². The molecule has 1 heterocycles. The van der Waals surface area contributed by atoms with Crippen LogP contribution in [0.2, 0.25) is 0 Å². The number of rotatable bonds is 5. The molecule has 1 saturated carbocycles. The van der Waals surface area contributed by atoms with Gasteiger partial charge in [-0.1, -0.05) is 31.0 Å². The summed E-state index contributed by atoms with van der Waals surface area (Å²) in [7, 11) is 0. The summed E-state index contributed by atoms with van der Waals surface area (Å²) in [6, 6.07) is 7.09. The SMILES string of the molecule is O=C(CN1CC[C@H](Cc2ccccc2F)[C@@H](O)C1)NC1CCCC1. The van der Waals surface area contributed by atoms with Crippen LogP contribution in [0.4, 0.5) is 4.39 Å². The van der Waals surface area contributed by atoms with E-state index in [1.54, 1.807) is 12.1 Å². The van der Waals surface area contributed by atoms with E-state index in [2.05, 4.69) is 5.32 Å². The van der Waals surface area contributed by atoms with Gasteiger partial charge in [0, 0.05) is 12.6 Å². The number of hydrogen-bond donors (Lipinski definition) is 2. The zero-order chi connectivity index (χ0) is 16.9. The number of benzene rings is 1. The maximum atomic E-state index is 13.8. The number of carbonyl (C=O) groups is 1. The van der Waals surface area contributed by atoms with E-state index in [0.29, 0.717) is 31.1 Å². The van der Waals surface area contributed by atoms with E-state index < -0.39 is 6.10 Å². The average Bonchev–Trinajstić information content (AvgIpc) is 3.04. The largest absolute Gasteiger partial charge is 0.391 e. The van der Waals surface area contributed by atoms with Crippen molar-refractivity contribution < 1.29 is 14.3 Å². The first-order valence-corrected chi connectivity index (χ1v) is 9.05. The third-order valence-corrected chi connectivity index (χ3v) is 5.33.